The van der Waals surface area contributed by atoms with E-state index in [0.29, 0.717) is 32.2 Å². The van der Waals surface area contributed by atoms with Crippen molar-refractivity contribution in [2.75, 3.05) is 26.3 Å². The molecule has 1 aromatic rings. The molecule has 5 heteroatoms. The first-order valence-corrected chi connectivity index (χ1v) is 8.35. The van der Waals surface area contributed by atoms with Crippen molar-refractivity contribution in [1.29, 1.82) is 0 Å². The molecule has 0 radical (unpaired) electrons. The molecule has 0 aromatic heterocycles. The Morgan fingerprint density at radius 2 is 1.78 bits per heavy atom. The summed E-state index contributed by atoms with van der Waals surface area (Å²) >= 11 is 0. The number of hydrogen-bond acceptors (Lipinski definition) is 3. The van der Waals surface area contributed by atoms with Gasteiger partial charge < -0.3 is 14.7 Å². The van der Waals surface area contributed by atoms with E-state index in [1.807, 2.05) is 23.1 Å². The number of amides is 1. The minimum Gasteiger partial charge on any atom is -0.481 e. The van der Waals surface area contributed by atoms with E-state index < -0.39 is 5.97 Å². The Morgan fingerprint density at radius 3 is 2.43 bits per heavy atom. The molecule has 1 aromatic carbocycles. The highest BCUT2D eigenvalue weighted by Crippen LogP contribution is 2.36. The van der Waals surface area contributed by atoms with Crippen molar-refractivity contribution in [2.24, 2.45) is 5.92 Å². The van der Waals surface area contributed by atoms with Gasteiger partial charge in [0, 0.05) is 18.7 Å². The highest BCUT2D eigenvalue weighted by molar-refractivity contribution is 5.94. The van der Waals surface area contributed by atoms with Crippen molar-refractivity contribution < 1.29 is 19.4 Å². The van der Waals surface area contributed by atoms with Crippen LogP contribution in [0, 0.1) is 5.92 Å². The monoisotopic (exact) mass is 317 g/mol. The first kappa shape index (κ1) is 16.0. The SMILES string of the molecule is O=C(O)C1CCC(c2cccc(C(=O)N3CCOCC3)c2)CC1. The van der Waals surface area contributed by atoms with Gasteiger partial charge in [-0.1, -0.05) is 12.1 Å². The Morgan fingerprint density at radius 1 is 1.09 bits per heavy atom. The largest absolute Gasteiger partial charge is 0.481 e. The Hall–Kier alpha value is -1.88. The maximum Gasteiger partial charge on any atom is 0.306 e. The molecule has 0 bridgehead atoms. The lowest BCUT2D eigenvalue weighted by Crippen LogP contribution is -2.40. The van der Waals surface area contributed by atoms with E-state index in [1.54, 1.807) is 0 Å². The van der Waals surface area contributed by atoms with E-state index in [4.69, 9.17) is 9.84 Å². The summed E-state index contributed by atoms with van der Waals surface area (Å²) in [6, 6.07) is 7.85. The standard InChI is InChI=1S/C18H23NO4/c20-17(19-8-10-23-11-9-19)16-3-1-2-15(12-16)13-4-6-14(7-5-13)18(21)22/h1-3,12-14H,4-11H2,(H,21,22). The van der Waals surface area contributed by atoms with Crippen LogP contribution in [0.4, 0.5) is 0 Å². The van der Waals surface area contributed by atoms with E-state index in [2.05, 4.69) is 6.07 Å². The normalized spacial score (nSPS) is 25.1. The molecule has 124 valence electrons. The van der Waals surface area contributed by atoms with Crippen LogP contribution in [0.5, 0.6) is 0 Å². The molecule has 0 spiro atoms. The van der Waals surface area contributed by atoms with Crippen LogP contribution in [0.2, 0.25) is 0 Å². The van der Waals surface area contributed by atoms with Crippen LogP contribution in [0.3, 0.4) is 0 Å². The zero-order valence-electron chi connectivity index (χ0n) is 13.2. The third kappa shape index (κ3) is 3.72. The zero-order chi connectivity index (χ0) is 16.2. The second-order valence-corrected chi connectivity index (χ2v) is 6.42. The third-order valence-electron chi connectivity index (χ3n) is 4.98. The minimum absolute atomic E-state index is 0.0642. The summed E-state index contributed by atoms with van der Waals surface area (Å²) in [6.45, 7) is 2.49. The van der Waals surface area contributed by atoms with Crippen LogP contribution < -0.4 is 0 Å². The molecule has 5 nitrogen and oxygen atoms in total. The number of morpholine rings is 1. The van der Waals surface area contributed by atoms with Crippen LogP contribution in [0.15, 0.2) is 24.3 Å². The lowest BCUT2D eigenvalue weighted by Gasteiger charge is -2.28. The van der Waals surface area contributed by atoms with Crippen LogP contribution in [-0.4, -0.2) is 48.2 Å². The van der Waals surface area contributed by atoms with Gasteiger partial charge in [-0.2, -0.15) is 0 Å². The number of aliphatic carboxylic acids is 1. The predicted octanol–water partition coefficient (Wildman–Crippen LogP) is 2.52. The first-order chi connectivity index (χ1) is 11.1. The summed E-state index contributed by atoms with van der Waals surface area (Å²) in [5.41, 5.74) is 1.89. The molecule has 1 amide bonds. The fourth-order valence-electron chi connectivity index (χ4n) is 3.55. The van der Waals surface area contributed by atoms with Gasteiger partial charge in [-0.3, -0.25) is 9.59 Å². The van der Waals surface area contributed by atoms with Crippen LogP contribution in [0.25, 0.3) is 0 Å². The number of nitrogens with zero attached hydrogens (tertiary/aromatic N) is 1. The van der Waals surface area contributed by atoms with Gasteiger partial charge in [0.25, 0.3) is 5.91 Å². The van der Waals surface area contributed by atoms with Crippen molar-refractivity contribution in [3.63, 3.8) is 0 Å². The number of carboxylic acid groups (broad SMARTS) is 1. The Balaban J connectivity index is 1.68. The van der Waals surface area contributed by atoms with Gasteiger partial charge in [0.2, 0.25) is 0 Å². The molecule has 1 aliphatic heterocycles. The lowest BCUT2D eigenvalue weighted by atomic mass is 9.78. The van der Waals surface area contributed by atoms with Crippen LogP contribution in [-0.2, 0) is 9.53 Å². The molecule has 23 heavy (non-hydrogen) atoms. The minimum atomic E-state index is -0.681. The van der Waals surface area contributed by atoms with Gasteiger partial charge in [0.1, 0.15) is 0 Å². The van der Waals surface area contributed by atoms with Gasteiger partial charge in [-0.15, -0.1) is 0 Å². The Kier molecular flexibility index (Phi) is 4.96. The fourth-order valence-corrected chi connectivity index (χ4v) is 3.55. The predicted molar refractivity (Wildman–Crippen MR) is 85.5 cm³/mol. The second-order valence-electron chi connectivity index (χ2n) is 6.42. The topological polar surface area (TPSA) is 66.8 Å². The van der Waals surface area contributed by atoms with Crippen molar-refractivity contribution in [3.8, 4) is 0 Å². The molecule has 1 heterocycles. The highest BCUT2D eigenvalue weighted by atomic mass is 16.5. The molecule has 1 saturated carbocycles. The smallest absolute Gasteiger partial charge is 0.306 e. The molecule has 3 rings (SSSR count). The maximum absolute atomic E-state index is 12.6. The molecule has 2 fully saturated rings. The number of hydrogen-bond donors (Lipinski definition) is 1. The Bertz CT molecular complexity index is 572. The molecule has 1 aliphatic carbocycles. The van der Waals surface area contributed by atoms with Gasteiger partial charge in [-0.05, 0) is 49.3 Å². The first-order valence-electron chi connectivity index (χ1n) is 8.35. The lowest BCUT2D eigenvalue weighted by molar-refractivity contribution is -0.142. The molecule has 1 saturated heterocycles. The average molecular weight is 317 g/mol. The number of carbonyl (C=O) groups excluding carboxylic acids is 1. The molecule has 1 N–H and O–H groups in total. The number of carbonyl (C=O) groups is 2. The van der Waals surface area contributed by atoms with Gasteiger partial charge in [0.15, 0.2) is 0 Å². The average Bonchev–Trinajstić information content (AvgIpc) is 2.62. The number of benzene rings is 1. The number of rotatable bonds is 3. The summed E-state index contributed by atoms with van der Waals surface area (Å²) in [5.74, 6) is -0.457. The van der Waals surface area contributed by atoms with E-state index in [1.165, 1.54) is 0 Å². The van der Waals surface area contributed by atoms with Gasteiger partial charge in [0.05, 0.1) is 19.1 Å². The third-order valence-corrected chi connectivity index (χ3v) is 4.98. The van der Waals surface area contributed by atoms with Crippen LogP contribution >= 0.6 is 0 Å². The summed E-state index contributed by atoms with van der Waals surface area (Å²) in [5, 5.41) is 9.10. The second kappa shape index (κ2) is 7.13. The van der Waals surface area contributed by atoms with Crippen molar-refractivity contribution >= 4 is 11.9 Å². The summed E-state index contributed by atoms with van der Waals surface area (Å²) < 4.78 is 5.29. The fraction of sp³-hybridized carbons (Fsp3) is 0.556. The van der Waals surface area contributed by atoms with Gasteiger partial charge in [-0.25, -0.2) is 0 Å². The molecular formula is C18H23NO4. The maximum atomic E-state index is 12.6. The van der Waals surface area contributed by atoms with E-state index >= 15 is 0 Å². The number of ether oxygens (including phenoxy) is 1. The summed E-state index contributed by atoms with van der Waals surface area (Å²) in [7, 11) is 0. The van der Waals surface area contributed by atoms with E-state index in [-0.39, 0.29) is 11.8 Å². The van der Waals surface area contributed by atoms with E-state index in [0.717, 1.165) is 36.8 Å². The highest BCUT2D eigenvalue weighted by Gasteiger charge is 2.27. The van der Waals surface area contributed by atoms with Crippen LogP contribution in [0.1, 0.15) is 47.5 Å². The van der Waals surface area contributed by atoms with Gasteiger partial charge >= 0.3 is 5.97 Å². The van der Waals surface area contributed by atoms with Crippen molar-refractivity contribution in [3.05, 3.63) is 35.4 Å². The quantitative estimate of drug-likeness (QED) is 0.930. The molecule has 0 unspecified atom stereocenters. The molecule has 2 aliphatic rings. The van der Waals surface area contributed by atoms with E-state index in [9.17, 15) is 9.59 Å². The summed E-state index contributed by atoms with van der Waals surface area (Å²) in [4.78, 5) is 25.5. The molecule has 0 atom stereocenters. The summed E-state index contributed by atoms with van der Waals surface area (Å²) in [6.07, 6.45) is 3.21. The Labute approximate surface area is 136 Å². The van der Waals surface area contributed by atoms with Crippen molar-refractivity contribution in [2.45, 2.75) is 31.6 Å². The zero-order valence-corrected chi connectivity index (χ0v) is 13.2. The number of carboxylic acids is 1. The molecular weight excluding hydrogens is 294 g/mol. The van der Waals surface area contributed by atoms with Crippen molar-refractivity contribution in [1.82, 2.24) is 4.90 Å².